The highest BCUT2D eigenvalue weighted by molar-refractivity contribution is 7.92. The van der Waals surface area contributed by atoms with Gasteiger partial charge in [0.1, 0.15) is 0 Å². The van der Waals surface area contributed by atoms with Crippen molar-refractivity contribution in [1.29, 1.82) is 0 Å². The van der Waals surface area contributed by atoms with Crippen molar-refractivity contribution < 1.29 is 21.6 Å². The molecular weight excluding hydrogens is 362 g/mol. The van der Waals surface area contributed by atoms with E-state index in [0.717, 1.165) is 12.1 Å². The molecule has 2 aromatic rings. The van der Waals surface area contributed by atoms with Gasteiger partial charge in [-0.2, -0.15) is 13.2 Å². The number of alkyl halides is 3. The minimum Gasteiger partial charge on any atom is -0.279 e. The number of hydrogen-bond acceptors (Lipinski definition) is 2. The summed E-state index contributed by atoms with van der Waals surface area (Å²) in [5.41, 5.74) is -1.22. The van der Waals surface area contributed by atoms with Crippen molar-refractivity contribution in [3.05, 3.63) is 58.1 Å². The molecule has 22 heavy (non-hydrogen) atoms. The van der Waals surface area contributed by atoms with Crippen LogP contribution in [0.1, 0.15) is 5.56 Å². The predicted molar refractivity (Wildman–Crippen MR) is 77.6 cm³/mol. The van der Waals surface area contributed by atoms with Crippen LogP contribution < -0.4 is 4.72 Å². The van der Waals surface area contributed by atoms with Crippen LogP contribution in [-0.4, -0.2) is 8.42 Å². The molecule has 117 valence electrons. The fourth-order valence-corrected chi connectivity index (χ4v) is 3.03. The Morgan fingerprint density at radius 1 is 1.09 bits per heavy atom. The van der Waals surface area contributed by atoms with Gasteiger partial charge in [-0.3, -0.25) is 4.72 Å². The molecule has 0 unspecified atom stereocenters. The molecule has 0 aromatic heterocycles. The maximum absolute atomic E-state index is 12.8. The first-order valence-corrected chi connectivity index (χ1v) is 7.90. The van der Waals surface area contributed by atoms with Crippen LogP contribution in [0.2, 0.25) is 10.0 Å². The molecule has 0 heterocycles. The van der Waals surface area contributed by atoms with Crippen molar-refractivity contribution in [2.75, 3.05) is 4.72 Å². The monoisotopic (exact) mass is 368 g/mol. The topological polar surface area (TPSA) is 46.2 Å². The van der Waals surface area contributed by atoms with Crippen LogP contribution in [0.25, 0.3) is 0 Å². The van der Waals surface area contributed by atoms with Crippen LogP contribution >= 0.6 is 23.2 Å². The zero-order valence-corrected chi connectivity index (χ0v) is 12.9. The third-order valence-electron chi connectivity index (χ3n) is 2.56. The van der Waals surface area contributed by atoms with Gasteiger partial charge in [0.2, 0.25) is 0 Å². The van der Waals surface area contributed by atoms with Gasteiger partial charge in [0.25, 0.3) is 10.0 Å². The van der Waals surface area contributed by atoms with Crippen LogP contribution in [-0.2, 0) is 16.2 Å². The molecule has 0 aliphatic carbocycles. The van der Waals surface area contributed by atoms with Crippen LogP contribution in [0.3, 0.4) is 0 Å². The van der Waals surface area contributed by atoms with E-state index in [1.165, 1.54) is 18.2 Å². The van der Waals surface area contributed by atoms with E-state index in [2.05, 4.69) is 10.8 Å². The summed E-state index contributed by atoms with van der Waals surface area (Å²) in [6, 6.07) is 9.02. The summed E-state index contributed by atoms with van der Waals surface area (Å²) >= 11 is 11.2. The molecule has 0 saturated carbocycles. The van der Waals surface area contributed by atoms with E-state index in [1.54, 1.807) is 0 Å². The number of anilines is 1. The second kappa shape index (κ2) is 5.98. The molecule has 0 fully saturated rings. The molecule has 3 nitrogen and oxygen atoms in total. The highest BCUT2D eigenvalue weighted by Crippen LogP contribution is 2.36. The smallest absolute Gasteiger partial charge is 0.279 e. The molecule has 0 saturated heterocycles. The molecule has 0 spiro atoms. The van der Waals surface area contributed by atoms with E-state index in [0.29, 0.717) is 6.07 Å². The molecule has 9 heteroatoms. The molecule has 1 radical (unpaired) electrons. The number of hydrogen-bond donors (Lipinski definition) is 1. The van der Waals surface area contributed by atoms with Crippen molar-refractivity contribution >= 4 is 38.9 Å². The summed E-state index contributed by atoms with van der Waals surface area (Å²) in [7, 11) is -4.23. The largest absolute Gasteiger partial charge is 0.417 e. The quantitative estimate of drug-likeness (QED) is 0.859. The Balaban J connectivity index is 2.42. The van der Waals surface area contributed by atoms with E-state index in [1.807, 2.05) is 0 Å². The lowest BCUT2D eigenvalue weighted by Gasteiger charge is -2.12. The number of rotatable bonds is 3. The minimum atomic E-state index is -4.76. The zero-order chi connectivity index (χ0) is 16.5. The second-order valence-electron chi connectivity index (χ2n) is 4.17. The molecule has 0 atom stereocenters. The van der Waals surface area contributed by atoms with Gasteiger partial charge in [-0.25, -0.2) is 8.42 Å². The summed E-state index contributed by atoms with van der Waals surface area (Å²) in [4.78, 5) is -0.572. The highest BCUT2D eigenvalue weighted by Gasteiger charge is 2.34. The second-order valence-corrected chi connectivity index (χ2v) is 6.69. The predicted octanol–water partition coefficient (Wildman–Crippen LogP) is 4.61. The molecule has 0 aliphatic rings. The van der Waals surface area contributed by atoms with E-state index in [-0.39, 0.29) is 10.7 Å². The van der Waals surface area contributed by atoms with Crippen LogP contribution in [0.5, 0.6) is 0 Å². The van der Waals surface area contributed by atoms with Crippen molar-refractivity contribution in [1.82, 2.24) is 0 Å². The fourth-order valence-electron chi connectivity index (χ4n) is 1.59. The molecule has 2 rings (SSSR count). The zero-order valence-electron chi connectivity index (χ0n) is 10.6. The van der Waals surface area contributed by atoms with Crippen LogP contribution in [0.15, 0.2) is 41.3 Å². The average Bonchev–Trinajstić information content (AvgIpc) is 2.36. The molecule has 2 aromatic carbocycles. The van der Waals surface area contributed by atoms with Crippen molar-refractivity contribution in [2.45, 2.75) is 11.1 Å². The van der Waals surface area contributed by atoms with E-state index >= 15 is 0 Å². The lowest BCUT2D eigenvalue weighted by Crippen LogP contribution is -2.15. The SMILES string of the molecule is O=S(=O)(Nc1[c]ccc(Cl)c1)c1ccc(Cl)c(C(F)(F)F)c1. The Kier molecular flexibility index (Phi) is 4.60. The number of halogens is 5. The van der Waals surface area contributed by atoms with Crippen molar-refractivity contribution in [3.63, 3.8) is 0 Å². The Hall–Kier alpha value is -1.44. The Morgan fingerprint density at radius 3 is 2.36 bits per heavy atom. The maximum atomic E-state index is 12.8. The average molecular weight is 369 g/mol. The molecule has 1 N–H and O–H groups in total. The molecule has 0 amide bonds. The highest BCUT2D eigenvalue weighted by atomic mass is 35.5. The standard InChI is InChI=1S/C13H7Cl2F3NO2S/c14-8-2-1-3-9(6-8)19-22(20,21)10-4-5-12(15)11(7-10)13(16,17)18/h1-2,4-7,19H. The first-order chi connectivity index (χ1) is 10.1. The van der Waals surface area contributed by atoms with E-state index in [9.17, 15) is 21.6 Å². The first kappa shape index (κ1) is 16.9. The third-order valence-corrected chi connectivity index (χ3v) is 4.49. The van der Waals surface area contributed by atoms with E-state index < -0.39 is 31.7 Å². The normalized spacial score (nSPS) is 12.2. The van der Waals surface area contributed by atoms with Gasteiger partial charge in [-0.05, 0) is 30.3 Å². The Morgan fingerprint density at radius 2 is 1.77 bits per heavy atom. The van der Waals surface area contributed by atoms with Crippen molar-refractivity contribution in [3.8, 4) is 0 Å². The number of nitrogens with one attached hydrogen (secondary N) is 1. The van der Waals surface area contributed by atoms with Crippen molar-refractivity contribution in [2.24, 2.45) is 0 Å². The summed E-state index contributed by atoms with van der Waals surface area (Å²) in [5, 5.41) is -0.329. The lowest BCUT2D eigenvalue weighted by atomic mass is 10.2. The number of benzene rings is 2. The van der Waals surface area contributed by atoms with Gasteiger partial charge in [0.05, 0.1) is 21.2 Å². The maximum Gasteiger partial charge on any atom is 0.417 e. The lowest BCUT2D eigenvalue weighted by molar-refractivity contribution is -0.137. The summed E-state index contributed by atoms with van der Waals surface area (Å²) in [6.07, 6.45) is -4.76. The minimum absolute atomic E-state index is 0.0102. The third kappa shape index (κ3) is 3.85. The Bertz CT molecular complexity index is 807. The van der Waals surface area contributed by atoms with Crippen LogP contribution in [0.4, 0.5) is 18.9 Å². The van der Waals surface area contributed by atoms with Gasteiger partial charge in [-0.1, -0.05) is 29.3 Å². The molecule has 0 aliphatic heterocycles. The van der Waals surface area contributed by atoms with Gasteiger partial charge >= 0.3 is 6.18 Å². The Labute approximate surface area is 134 Å². The van der Waals surface area contributed by atoms with Gasteiger partial charge in [0.15, 0.2) is 0 Å². The molecule has 0 bridgehead atoms. The van der Waals surface area contributed by atoms with Gasteiger partial charge in [0, 0.05) is 11.1 Å². The van der Waals surface area contributed by atoms with Gasteiger partial charge < -0.3 is 0 Å². The first-order valence-electron chi connectivity index (χ1n) is 5.66. The molecular formula is C13H7Cl2F3NO2S. The fraction of sp³-hybridized carbons (Fsp3) is 0.0769. The summed E-state index contributed by atoms with van der Waals surface area (Å²) in [5.74, 6) is 0. The summed E-state index contributed by atoms with van der Waals surface area (Å²) < 4.78 is 64.7. The van der Waals surface area contributed by atoms with Crippen LogP contribution in [0, 0.1) is 6.07 Å². The number of sulfonamides is 1. The summed E-state index contributed by atoms with van der Waals surface area (Å²) in [6.45, 7) is 0. The van der Waals surface area contributed by atoms with E-state index in [4.69, 9.17) is 23.2 Å². The van der Waals surface area contributed by atoms with Gasteiger partial charge in [-0.15, -0.1) is 0 Å².